The van der Waals surface area contributed by atoms with Crippen LogP contribution in [0.25, 0.3) is 0 Å². The molecule has 2 aliphatic heterocycles. The third-order valence-electron chi connectivity index (χ3n) is 3.60. The van der Waals surface area contributed by atoms with Gasteiger partial charge in [0.1, 0.15) is 0 Å². The maximum absolute atomic E-state index is 5.10. The number of ether oxygens (including phenoxy) is 1. The van der Waals surface area contributed by atoms with Crippen LogP contribution in [0.1, 0.15) is 19.3 Å². The molecule has 86 valence electrons. The van der Waals surface area contributed by atoms with E-state index in [4.69, 9.17) is 4.74 Å². The van der Waals surface area contributed by atoms with E-state index < -0.39 is 0 Å². The van der Waals surface area contributed by atoms with Crippen molar-refractivity contribution in [1.29, 1.82) is 0 Å². The minimum absolute atomic E-state index is 0.757. The summed E-state index contributed by atoms with van der Waals surface area (Å²) in [5, 5.41) is 3.67. The highest BCUT2D eigenvalue weighted by Crippen LogP contribution is 2.26. The maximum Gasteiger partial charge on any atom is 0.0885 e. The van der Waals surface area contributed by atoms with Crippen LogP contribution in [0.15, 0.2) is 12.8 Å². The van der Waals surface area contributed by atoms with E-state index in [1.165, 1.54) is 38.7 Å². The molecule has 2 heterocycles. The predicted octanol–water partition coefficient (Wildman–Crippen LogP) is 1.22. The van der Waals surface area contributed by atoms with Crippen LogP contribution >= 0.6 is 0 Å². The summed E-state index contributed by atoms with van der Waals surface area (Å²) in [5.74, 6) is 0.902. The molecular formula is C12H22N2O. The van der Waals surface area contributed by atoms with Crippen LogP contribution in [-0.4, -0.2) is 43.7 Å². The van der Waals surface area contributed by atoms with Crippen molar-refractivity contribution < 1.29 is 4.74 Å². The van der Waals surface area contributed by atoms with Gasteiger partial charge in [-0.05, 0) is 44.8 Å². The van der Waals surface area contributed by atoms with Gasteiger partial charge in [-0.2, -0.15) is 0 Å². The van der Waals surface area contributed by atoms with Gasteiger partial charge < -0.3 is 15.0 Å². The Hall–Kier alpha value is -0.540. The lowest BCUT2D eigenvalue weighted by molar-refractivity contribution is 0.210. The zero-order chi connectivity index (χ0) is 10.5. The number of fused-ring (bicyclic) bond motifs is 2. The lowest BCUT2D eigenvalue weighted by atomic mass is 9.94. The van der Waals surface area contributed by atoms with Crippen LogP contribution in [0.3, 0.4) is 0 Å². The molecule has 0 aromatic carbocycles. The monoisotopic (exact) mass is 210 g/mol. The van der Waals surface area contributed by atoms with Gasteiger partial charge in [-0.25, -0.2) is 0 Å². The van der Waals surface area contributed by atoms with E-state index in [-0.39, 0.29) is 0 Å². The quantitative estimate of drug-likeness (QED) is 0.527. The first-order chi connectivity index (χ1) is 7.40. The van der Waals surface area contributed by atoms with Crippen molar-refractivity contribution in [3.8, 4) is 0 Å². The van der Waals surface area contributed by atoms with Crippen molar-refractivity contribution in [1.82, 2.24) is 10.2 Å². The van der Waals surface area contributed by atoms with Gasteiger partial charge >= 0.3 is 0 Å². The molecule has 0 aromatic rings. The highest BCUT2D eigenvalue weighted by molar-refractivity contribution is 4.90. The second kappa shape index (κ2) is 5.52. The van der Waals surface area contributed by atoms with E-state index in [9.17, 15) is 0 Å². The molecule has 0 saturated carbocycles. The molecule has 0 radical (unpaired) electrons. The number of nitrogens with zero attached hydrogens (tertiary/aromatic N) is 1. The fraction of sp³-hybridized carbons (Fsp3) is 0.833. The molecule has 0 aliphatic carbocycles. The van der Waals surface area contributed by atoms with Crippen LogP contribution in [0.5, 0.6) is 0 Å². The maximum atomic E-state index is 5.10. The van der Waals surface area contributed by atoms with Gasteiger partial charge in [0, 0.05) is 12.6 Å². The number of rotatable bonds is 6. The molecule has 0 amide bonds. The zero-order valence-corrected chi connectivity index (χ0v) is 9.45. The first-order valence-electron chi connectivity index (χ1n) is 6.08. The van der Waals surface area contributed by atoms with Crippen molar-refractivity contribution in [3.05, 3.63) is 12.8 Å². The Kier molecular flexibility index (Phi) is 4.03. The van der Waals surface area contributed by atoms with Crippen molar-refractivity contribution in [2.45, 2.75) is 25.3 Å². The van der Waals surface area contributed by atoms with Gasteiger partial charge in [0.15, 0.2) is 0 Å². The van der Waals surface area contributed by atoms with Crippen molar-refractivity contribution >= 4 is 0 Å². The molecular weight excluding hydrogens is 188 g/mol. The topological polar surface area (TPSA) is 24.5 Å². The van der Waals surface area contributed by atoms with E-state index in [1.54, 1.807) is 0 Å². The standard InChI is InChI=1S/C12H22N2O/c1-2-15-9-3-6-13-12-5-8-14-7-4-11(12)10-14/h2,11-13H,1,3-10H2. The summed E-state index contributed by atoms with van der Waals surface area (Å²) in [6.07, 6.45) is 5.32. The van der Waals surface area contributed by atoms with Crippen molar-refractivity contribution in [2.24, 2.45) is 5.92 Å². The largest absolute Gasteiger partial charge is 0.502 e. The van der Waals surface area contributed by atoms with Gasteiger partial charge in [-0.3, -0.25) is 0 Å². The summed E-state index contributed by atoms with van der Waals surface area (Å²) in [7, 11) is 0. The van der Waals surface area contributed by atoms with Crippen molar-refractivity contribution in [2.75, 3.05) is 32.8 Å². The third kappa shape index (κ3) is 2.95. The van der Waals surface area contributed by atoms with E-state index >= 15 is 0 Å². The average molecular weight is 210 g/mol. The summed E-state index contributed by atoms with van der Waals surface area (Å²) in [6.45, 7) is 9.33. The molecule has 2 aliphatic rings. The fourth-order valence-corrected chi connectivity index (χ4v) is 2.75. The minimum Gasteiger partial charge on any atom is -0.502 e. The minimum atomic E-state index is 0.757. The molecule has 3 heteroatoms. The van der Waals surface area contributed by atoms with Crippen LogP contribution in [0.2, 0.25) is 0 Å². The van der Waals surface area contributed by atoms with Crippen LogP contribution in [0.4, 0.5) is 0 Å². The second-order valence-corrected chi connectivity index (χ2v) is 4.59. The fourth-order valence-electron chi connectivity index (χ4n) is 2.75. The number of nitrogens with one attached hydrogen (secondary N) is 1. The molecule has 3 unspecified atom stereocenters. The molecule has 2 saturated heterocycles. The van der Waals surface area contributed by atoms with Crippen LogP contribution in [0, 0.1) is 5.92 Å². The Morgan fingerprint density at radius 1 is 1.40 bits per heavy atom. The molecule has 1 N–H and O–H groups in total. The van der Waals surface area contributed by atoms with Crippen LogP contribution in [-0.2, 0) is 4.74 Å². The molecule has 2 rings (SSSR count). The van der Waals surface area contributed by atoms with E-state index in [1.807, 2.05) is 0 Å². The number of hydrogen-bond donors (Lipinski definition) is 1. The summed E-state index contributed by atoms with van der Waals surface area (Å²) in [5.41, 5.74) is 0. The van der Waals surface area contributed by atoms with Crippen LogP contribution < -0.4 is 5.32 Å². The molecule has 2 fully saturated rings. The molecule has 0 aromatic heterocycles. The first-order valence-corrected chi connectivity index (χ1v) is 6.08. The van der Waals surface area contributed by atoms with E-state index in [0.29, 0.717) is 0 Å². The van der Waals surface area contributed by atoms with Gasteiger partial charge in [-0.1, -0.05) is 6.58 Å². The highest BCUT2D eigenvalue weighted by Gasteiger charge is 2.33. The lowest BCUT2D eigenvalue weighted by Crippen LogP contribution is -2.44. The summed E-state index contributed by atoms with van der Waals surface area (Å²) in [4.78, 5) is 2.59. The predicted molar refractivity (Wildman–Crippen MR) is 61.7 cm³/mol. The molecule has 0 spiro atoms. The number of piperidine rings is 1. The van der Waals surface area contributed by atoms with Gasteiger partial charge in [0.2, 0.25) is 0 Å². The smallest absolute Gasteiger partial charge is 0.0885 e. The second-order valence-electron chi connectivity index (χ2n) is 4.59. The number of hydrogen-bond acceptors (Lipinski definition) is 3. The Balaban J connectivity index is 1.60. The summed E-state index contributed by atoms with van der Waals surface area (Å²) >= 11 is 0. The Morgan fingerprint density at radius 3 is 3.13 bits per heavy atom. The van der Waals surface area contributed by atoms with E-state index in [2.05, 4.69) is 16.8 Å². The van der Waals surface area contributed by atoms with Crippen molar-refractivity contribution in [3.63, 3.8) is 0 Å². The Morgan fingerprint density at radius 2 is 2.27 bits per heavy atom. The first kappa shape index (κ1) is 11.0. The summed E-state index contributed by atoms with van der Waals surface area (Å²) < 4.78 is 5.10. The molecule has 3 nitrogen and oxygen atoms in total. The van der Waals surface area contributed by atoms with Gasteiger partial charge in [-0.15, -0.1) is 0 Å². The SMILES string of the molecule is C=COCCCNC1CCN2CCC1C2. The normalized spacial score (nSPS) is 34.0. The van der Waals surface area contributed by atoms with Gasteiger partial charge in [0.25, 0.3) is 0 Å². The summed E-state index contributed by atoms with van der Waals surface area (Å²) in [6, 6.07) is 0.757. The highest BCUT2D eigenvalue weighted by atomic mass is 16.5. The zero-order valence-electron chi connectivity index (χ0n) is 9.45. The Bertz CT molecular complexity index is 208. The molecule has 2 bridgehead atoms. The average Bonchev–Trinajstić information content (AvgIpc) is 2.64. The molecule has 15 heavy (non-hydrogen) atoms. The third-order valence-corrected chi connectivity index (χ3v) is 3.60. The lowest BCUT2D eigenvalue weighted by Gasteiger charge is -2.31. The molecule has 3 atom stereocenters. The Labute approximate surface area is 92.5 Å². The van der Waals surface area contributed by atoms with Gasteiger partial charge in [0.05, 0.1) is 12.9 Å². The van der Waals surface area contributed by atoms with E-state index in [0.717, 1.165) is 31.5 Å².